The van der Waals surface area contributed by atoms with Crippen LogP contribution in [0.25, 0.3) is 0 Å². The molecule has 0 saturated carbocycles. The molecule has 1 fully saturated rings. The average molecular weight is 291 g/mol. The summed E-state index contributed by atoms with van der Waals surface area (Å²) in [6, 6.07) is 2.39. The summed E-state index contributed by atoms with van der Waals surface area (Å²) in [5.41, 5.74) is 0.911. The van der Waals surface area contributed by atoms with Gasteiger partial charge in [-0.15, -0.1) is 0 Å². The van der Waals surface area contributed by atoms with Gasteiger partial charge in [-0.3, -0.25) is 9.48 Å². The summed E-state index contributed by atoms with van der Waals surface area (Å²) in [5.74, 6) is 1.45. The van der Waals surface area contributed by atoms with Crippen molar-refractivity contribution in [2.75, 3.05) is 13.1 Å². The molecule has 0 aromatic carbocycles. The number of piperidine rings is 1. The van der Waals surface area contributed by atoms with E-state index in [1.54, 1.807) is 0 Å². The Labute approximate surface area is 128 Å². The molecule has 2 rings (SSSR count). The highest BCUT2D eigenvalue weighted by molar-refractivity contribution is 5.80. The Hall–Kier alpha value is -1.16. The molecule has 1 saturated heterocycles. The molecule has 1 aromatic rings. The van der Waals surface area contributed by atoms with Crippen molar-refractivity contribution in [1.29, 1.82) is 0 Å². The average Bonchev–Trinajstić information content (AvgIpc) is 2.95. The van der Waals surface area contributed by atoms with Crippen molar-refractivity contribution >= 4 is 5.78 Å². The summed E-state index contributed by atoms with van der Waals surface area (Å²) in [5, 5.41) is 7.96. The second-order valence-electron chi connectivity index (χ2n) is 6.55. The topological polar surface area (TPSA) is 46.9 Å². The van der Waals surface area contributed by atoms with Gasteiger partial charge in [0.05, 0.1) is 12.1 Å². The number of nitrogens with one attached hydrogen (secondary N) is 1. The van der Waals surface area contributed by atoms with E-state index in [1.807, 2.05) is 16.9 Å². The van der Waals surface area contributed by atoms with Crippen LogP contribution in [0.5, 0.6) is 0 Å². The highest BCUT2D eigenvalue weighted by atomic mass is 16.1. The third-order valence-corrected chi connectivity index (χ3v) is 4.77. The minimum absolute atomic E-state index is 0.322. The molecule has 0 bridgehead atoms. The molecule has 3 unspecified atom stereocenters. The second-order valence-corrected chi connectivity index (χ2v) is 6.55. The van der Waals surface area contributed by atoms with E-state index in [1.165, 1.54) is 12.8 Å². The standard InChI is InChI=1S/C17H29N3O/c1-4-14(3)20-9-7-16(19-20)11-17(21)10-13(2)15-6-5-8-18-12-15/h7,9,13-15,18H,4-6,8,10-12H2,1-3H3. The number of Topliss-reactive ketones (excluding diaryl/α,β-unsaturated/α-hetero) is 1. The van der Waals surface area contributed by atoms with Gasteiger partial charge in [0.1, 0.15) is 5.78 Å². The zero-order valence-electron chi connectivity index (χ0n) is 13.6. The van der Waals surface area contributed by atoms with Crippen LogP contribution in [0.15, 0.2) is 12.3 Å². The molecule has 1 aliphatic heterocycles. The fourth-order valence-electron chi connectivity index (χ4n) is 3.07. The van der Waals surface area contributed by atoms with Gasteiger partial charge in [-0.1, -0.05) is 13.8 Å². The molecule has 4 nitrogen and oxygen atoms in total. The van der Waals surface area contributed by atoms with Crippen molar-refractivity contribution in [2.24, 2.45) is 11.8 Å². The lowest BCUT2D eigenvalue weighted by Gasteiger charge is -2.27. The van der Waals surface area contributed by atoms with Gasteiger partial charge in [0.25, 0.3) is 0 Å². The van der Waals surface area contributed by atoms with Gasteiger partial charge in [0.15, 0.2) is 0 Å². The van der Waals surface area contributed by atoms with Crippen molar-refractivity contribution in [3.63, 3.8) is 0 Å². The van der Waals surface area contributed by atoms with E-state index in [9.17, 15) is 4.79 Å². The maximum Gasteiger partial charge on any atom is 0.139 e. The molecule has 1 aromatic heterocycles. The lowest BCUT2D eigenvalue weighted by molar-refractivity contribution is -0.119. The summed E-state index contributed by atoms with van der Waals surface area (Å²) in [6.07, 6.45) is 6.70. The van der Waals surface area contributed by atoms with Gasteiger partial charge in [0, 0.05) is 18.7 Å². The van der Waals surface area contributed by atoms with Gasteiger partial charge in [-0.05, 0) is 57.2 Å². The number of hydrogen-bond donors (Lipinski definition) is 1. The molecule has 118 valence electrons. The van der Waals surface area contributed by atoms with E-state index >= 15 is 0 Å². The van der Waals surface area contributed by atoms with Crippen molar-refractivity contribution in [2.45, 2.75) is 58.9 Å². The molecule has 21 heavy (non-hydrogen) atoms. The van der Waals surface area contributed by atoms with Crippen LogP contribution in [0.3, 0.4) is 0 Å². The maximum absolute atomic E-state index is 12.2. The van der Waals surface area contributed by atoms with Gasteiger partial charge < -0.3 is 5.32 Å². The largest absolute Gasteiger partial charge is 0.316 e. The molecule has 2 heterocycles. The smallest absolute Gasteiger partial charge is 0.139 e. The Morgan fingerprint density at radius 2 is 2.33 bits per heavy atom. The Kier molecular flexibility index (Phi) is 5.97. The Morgan fingerprint density at radius 1 is 1.52 bits per heavy atom. The molecule has 1 N–H and O–H groups in total. The number of carbonyl (C=O) groups is 1. The number of nitrogens with zero attached hydrogens (tertiary/aromatic N) is 2. The van der Waals surface area contributed by atoms with E-state index in [-0.39, 0.29) is 0 Å². The predicted molar refractivity (Wildman–Crippen MR) is 85.3 cm³/mol. The SMILES string of the molecule is CCC(C)n1ccc(CC(=O)CC(C)C2CCCNC2)n1. The summed E-state index contributed by atoms with van der Waals surface area (Å²) in [6.45, 7) is 8.71. The quantitative estimate of drug-likeness (QED) is 0.840. The number of rotatable bonds is 7. The summed E-state index contributed by atoms with van der Waals surface area (Å²) < 4.78 is 1.97. The van der Waals surface area contributed by atoms with Crippen LogP contribution in [0, 0.1) is 11.8 Å². The third-order valence-electron chi connectivity index (χ3n) is 4.77. The molecule has 1 aliphatic rings. The van der Waals surface area contributed by atoms with Crippen LogP contribution < -0.4 is 5.32 Å². The molecular formula is C17H29N3O. The minimum Gasteiger partial charge on any atom is -0.316 e. The van der Waals surface area contributed by atoms with Crippen LogP contribution in [-0.2, 0) is 11.2 Å². The zero-order chi connectivity index (χ0) is 15.2. The fourth-order valence-corrected chi connectivity index (χ4v) is 3.07. The van der Waals surface area contributed by atoms with Crippen molar-refractivity contribution < 1.29 is 4.79 Å². The molecule has 4 heteroatoms. The fraction of sp³-hybridized carbons (Fsp3) is 0.765. The molecule has 0 spiro atoms. The maximum atomic E-state index is 12.2. The second kappa shape index (κ2) is 7.74. The van der Waals surface area contributed by atoms with Gasteiger partial charge in [-0.25, -0.2) is 0 Å². The minimum atomic E-state index is 0.322. The van der Waals surface area contributed by atoms with E-state index < -0.39 is 0 Å². The lowest BCUT2D eigenvalue weighted by atomic mass is 9.84. The Morgan fingerprint density at radius 3 is 3.00 bits per heavy atom. The summed E-state index contributed by atoms with van der Waals surface area (Å²) >= 11 is 0. The normalized spacial score (nSPS) is 22.0. The first-order chi connectivity index (χ1) is 10.1. The monoisotopic (exact) mass is 291 g/mol. The Balaban J connectivity index is 1.82. The first-order valence-corrected chi connectivity index (χ1v) is 8.36. The number of ketones is 1. The Bertz CT molecular complexity index is 449. The van der Waals surface area contributed by atoms with E-state index in [0.29, 0.717) is 36.5 Å². The molecule has 0 amide bonds. The van der Waals surface area contributed by atoms with Crippen LogP contribution in [0.4, 0.5) is 0 Å². The van der Waals surface area contributed by atoms with Gasteiger partial charge in [0.2, 0.25) is 0 Å². The van der Waals surface area contributed by atoms with E-state index in [0.717, 1.165) is 25.2 Å². The van der Waals surface area contributed by atoms with Crippen molar-refractivity contribution in [3.05, 3.63) is 18.0 Å². The number of hydrogen-bond acceptors (Lipinski definition) is 3. The lowest BCUT2D eigenvalue weighted by Crippen LogP contribution is -2.34. The molecular weight excluding hydrogens is 262 g/mol. The third kappa shape index (κ3) is 4.67. The van der Waals surface area contributed by atoms with E-state index in [2.05, 4.69) is 31.2 Å². The summed E-state index contributed by atoms with van der Waals surface area (Å²) in [7, 11) is 0. The molecule has 3 atom stereocenters. The summed E-state index contributed by atoms with van der Waals surface area (Å²) in [4.78, 5) is 12.2. The van der Waals surface area contributed by atoms with Crippen LogP contribution in [0.1, 0.15) is 58.2 Å². The van der Waals surface area contributed by atoms with Crippen molar-refractivity contribution in [3.8, 4) is 0 Å². The first kappa shape index (κ1) is 16.2. The van der Waals surface area contributed by atoms with Crippen LogP contribution in [-0.4, -0.2) is 28.7 Å². The number of carbonyl (C=O) groups excluding carboxylic acids is 1. The van der Waals surface area contributed by atoms with Crippen molar-refractivity contribution in [1.82, 2.24) is 15.1 Å². The first-order valence-electron chi connectivity index (χ1n) is 8.36. The van der Waals surface area contributed by atoms with Crippen LogP contribution in [0.2, 0.25) is 0 Å². The van der Waals surface area contributed by atoms with Gasteiger partial charge >= 0.3 is 0 Å². The highest BCUT2D eigenvalue weighted by Gasteiger charge is 2.22. The predicted octanol–water partition coefficient (Wildman–Crippen LogP) is 2.99. The zero-order valence-corrected chi connectivity index (χ0v) is 13.6. The number of aromatic nitrogens is 2. The van der Waals surface area contributed by atoms with Crippen LogP contribution >= 0.6 is 0 Å². The van der Waals surface area contributed by atoms with E-state index in [4.69, 9.17) is 0 Å². The van der Waals surface area contributed by atoms with Gasteiger partial charge in [-0.2, -0.15) is 5.10 Å². The molecule has 0 radical (unpaired) electrons. The highest BCUT2D eigenvalue weighted by Crippen LogP contribution is 2.23. The molecule has 0 aliphatic carbocycles.